The fourth-order valence-corrected chi connectivity index (χ4v) is 4.20. The van der Waals surface area contributed by atoms with E-state index in [0.29, 0.717) is 5.56 Å². The fraction of sp³-hybridized carbons (Fsp3) is 0.286. The molecule has 0 bridgehead atoms. The Kier molecular flexibility index (Phi) is 13.2. The van der Waals surface area contributed by atoms with Crippen LogP contribution in [0, 0.1) is 5.82 Å². The molecule has 5 aromatic carbocycles. The molecule has 4 heteroatoms. The standard InChI is InChI=1S/C21H25.C11H8F.C3H6.2ClH.Hf/c1-20(2,3)16-7-9-18-14(12-16)11-15-13-17(21(4,5)6)8-10-19(15)18;12-11-8-4-3-7-10(11)9-5-1-2-6-9;1-3-2;;;/h7-13H,1-6H3;1-8H;1-2H3;2*1H;/q2*-1;;;;+2/p-2. The first-order valence-corrected chi connectivity index (χ1v) is 14.7. The van der Waals surface area contributed by atoms with Crippen LogP contribution in [0.25, 0.3) is 32.7 Å². The first-order chi connectivity index (χ1) is 17.3. The maximum atomic E-state index is 13.2. The molecule has 0 radical (unpaired) electrons. The zero-order chi connectivity index (χ0) is 27.4. The van der Waals surface area contributed by atoms with Crippen LogP contribution >= 0.6 is 0 Å². The number of hydrogen-bond donors (Lipinski definition) is 0. The molecule has 0 amide bonds. The van der Waals surface area contributed by atoms with E-state index in [4.69, 9.17) is 0 Å². The molecule has 0 aromatic heterocycles. The van der Waals surface area contributed by atoms with E-state index in [1.54, 1.807) is 15.4 Å². The quantitative estimate of drug-likeness (QED) is 0.179. The van der Waals surface area contributed by atoms with Crippen molar-refractivity contribution >= 4 is 24.8 Å². The van der Waals surface area contributed by atoms with Gasteiger partial charge in [0, 0.05) is 0 Å². The van der Waals surface area contributed by atoms with Gasteiger partial charge in [0.1, 0.15) is 0 Å². The smallest absolute Gasteiger partial charge is 0.0893 e. The van der Waals surface area contributed by atoms with Gasteiger partial charge in [-0.3, -0.25) is 0 Å². The third-order valence-corrected chi connectivity index (χ3v) is 6.28. The van der Waals surface area contributed by atoms with Gasteiger partial charge in [-0.25, -0.2) is 4.39 Å². The Morgan fingerprint density at radius 3 is 1.54 bits per heavy atom. The van der Waals surface area contributed by atoms with Crippen LogP contribution in [0.1, 0.15) is 66.5 Å². The molecule has 0 aliphatic carbocycles. The number of halogens is 3. The first-order valence-electron chi connectivity index (χ1n) is 12.9. The molecule has 0 aliphatic heterocycles. The maximum absolute atomic E-state index is 13.2. The summed E-state index contributed by atoms with van der Waals surface area (Å²) >= 11 is 1.27. The van der Waals surface area contributed by atoms with Crippen molar-refractivity contribution in [1.29, 1.82) is 0 Å². The number of benzene rings is 3. The molecule has 0 saturated carbocycles. The van der Waals surface area contributed by atoms with Gasteiger partial charge in [-0.2, -0.15) is 18.2 Å². The van der Waals surface area contributed by atoms with Gasteiger partial charge >= 0.3 is 41.0 Å². The van der Waals surface area contributed by atoms with Crippen LogP contribution in [0.5, 0.6) is 0 Å². The van der Waals surface area contributed by atoms with Gasteiger partial charge in [-0.05, 0) is 16.9 Å². The summed E-state index contributed by atoms with van der Waals surface area (Å²) in [6.45, 7) is 17.9. The SMILES string of the molecule is CC(C)(C)c1ccc2c(c1)[cH-]c1cc(C(C)(C)C)ccc12.C[C](C)=[Hf+2].Fc1ccccc1-c1ccc[cH-]1.[Cl-].[Cl-]. The monoisotopic (exact) mass is 728 g/mol. The normalized spacial score (nSPS) is 10.9. The number of hydrogen-bond acceptors (Lipinski definition) is 0. The van der Waals surface area contributed by atoms with Crippen LogP contribution in [0.2, 0.25) is 0 Å². The summed E-state index contributed by atoms with van der Waals surface area (Å²) in [4.78, 5) is 0. The zero-order valence-corrected chi connectivity index (χ0v) is 29.4. The van der Waals surface area contributed by atoms with Crippen molar-refractivity contribution in [3.8, 4) is 11.1 Å². The largest absolute Gasteiger partial charge is 1.00 e. The summed E-state index contributed by atoms with van der Waals surface area (Å²) in [5.74, 6) is -0.163. The molecule has 0 atom stereocenters. The van der Waals surface area contributed by atoms with Crippen LogP contribution < -0.4 is 24.8 Å². The van der Waals surface area contributed by atoms with Crippen molar-refractivity contribution in [2.45, 2.75) is 66.2 Å². The van der Waals surface area contributed by atoms with E-state index in [9.17, 15) is 4.39 Å². The molecular weight excluding hydrogens is 689 g/mol. The van der Waals surface area contributed by atoms with Gasteiger partial charge in [0.05, 0.1) is 5.82 Å². The minimum atomic E-state index is -0.163. The average molecular weight is 728 g/mol. The third-order valence-electron chi connectivity index (χ3n) is 6.28. The molecule has 206 valence electrons. The van der Waals surface area contributed by atoms with Crippen molar-refractivity contribution in [3.63, 3.8) is 0 Å². The molecule has 5 aromatic rings. The summed E-state index contributed by atoms with van der Waals surface area (Å²) in [7, 11) is 0. The molecule has 0 fully saturated rings. The van der Waals surface area contributed by atoms with Gasteiger partial charge in [0.15, 0.2) is 0 Å². The summed E-state index contributed by atoms with van der Waals surface area (Å²) in [5.41, 5.74) is 4.82. The van der Waals surface area contributed by atoms with E-state index in [-0.39, 0.29) is 41.5 Å². The summed E-state index contributed by atoms with van der Waals surface area (Å²) in [6, 6.07) is 30.6. The minimum Gasteiger partial charge on any atom is -1.00 e. The van der Waals surface area contributed by atoms with Crippen molar-refractivity contribution in [3.05, 3.63) is 108 Å². The molecule has 0 heterocycles. The van der Waals surface area contributed by atoms with E-state index in [1.165, 1.54) is 62.6 Å². The second kappa shape index (κ2) is 14.7. The van der Waals surface area contributed by atoms with Crippen molar-refractivity contribution in [2.75, 3.05) is 0 Å². The Balaban J connectivity index is 0.000000360. The molecular formula is C35H39Cl2FHf-2. The van der Waals surface area contributed by atoms with E-state index < -0.39 is 0 Å². The van der Waals surface area contributed by atoms with Crippen molar-refractivity contribution in [2.24, 2.45) is 0 Å². The molecule has 5 rings (SSSR count). The van der Waals surface area contributed by atoms with E-state index in [2.05, 4.69) is 97.9 Å². The molecule has 0 saturated heterocycles. The van der Waals surface area contributed by atoms with Crippen molar-refractivity contribution < 1.29 is 53.1 Å². The minimum absolute atomic E-state index is 0. The van der Waals surface area contributed by atoms with Gasteiger partial charge < -0.3 is 24.8 Å². The third kappa shape index (κ3) is 9.62. The topological polar surface area (TPSA) is 0 Å². The Morgan fingerprint density at radius 2 is 1.15 bits per heavy atom. The van der Waals surface area contributed by atoms with Gasteiger partial charge in [-0.1, -0.05) is 101 Å². The molecule has 0 N–H and O–H groups in total. The predicted molar refractivity (Wildman–Crippen MR) is 158 cm³/mol. The van der Waals surface area contributed by atoms with Crippen LogP contribution in [0.4, 0.5) is 4.39 Å². The molecule has 0 aliphatic rings. The van der Waals surface area contributed by atoms with Crippen LogP contribution in [0.3, 0.4) is 0 Å². The predicted octanol–water partition coefficient (Wildman–Crippen LogP) is 4.27. The number of fused-ring (bicyclic) bond motifs is 3. The summed E-state index contributed by atoms with van der Waals surface area (Å²) in [5, 5.41) is 5.48. The molecule has 39 heavy (non-hydrogen) atoms. The second-order valence-corrected chi connectivity index (χ2v) is 15.5. The Hall–Kier alpha value is -1.87. The second-order valence-electron chi connectivity index (χ2n) is 11.9. The van der Waals surface area contributed by atoms with Crippen LogP contribution in [-0.4, -0.2) is 3.26 Å². The Bertz CT molecular complexity index is 1410. The molecule has 0 spiro atoms. The summed E-state index contributed by atoms with van der Waals surface area (Å²) in [6.07, 6.45) is 0. The van der Waals surface area contributed by atoms with Crippen molar-refractivity contribution in [1.82, 2.24) is 0 Å². The summed E-state index contributed by atoms with van der Waals surface area (Å²) < 4.78 is 14.7. The maximum Gasteiger partial charge on any atom is 0.0893 e. The van der Waals surface area contributed by atoms with E-state index in [1.807, 2.05) is 30.3 Å². The molecule has 0 unspecified atom stereocenters. The average Bonchev–Trinajstić information content (AvgIpc) is 3.45. The Morgan fingerprint density at radius 1 is 0.692 bits per heavy atom. The van der Waals surface area contributed by atoms with Gasteiger partial charge in [-0.15, -0.1) is 51.4 Å². The fourth-order valence-electron chi connectivity index (χ4n) is 4.20. The first kappa shape index (κ1) is 35.2. The van der Waals surface area contributed by atoms with Gasteiger partial charge in [0.25, 0.3) is 0 Å². The zero-order valence-electron chi connectivity index (χ0n) is 24.3. The van der Waals surface area contributed by atoms with Crippen LogP contribution in [0.15, 0.2) is 91.0 Å². The van der Waals surface area contributed by atoms with Gasteiger partial charge in [0.2, 0.25) is 0 Å². The van der Waals surface area contributed by atoms with E-state index in [0.717, 1.165) is 5.56 Å². The number of rotatable bonds is 1. The van der Waals surface area contributed by atoms with E-state index >= 15 is 0 Å². The molecule has 0 nitrogen and oxygen atoms in total. The Labute approximate surface area is 261 Å². The van der Waals surface area contributed by atoms with Crippen LogP contribution in [-0.2, 0) is 34.7 Å².